The number of pyridine rings is 1. The molecule has 1 N–H and O–H groups in total. The molecule has 0 spiro atoms. The fraction of sp³-hybridized carbons (Fsp3) is 0.316. The SMILES string of the molecule is Cc1cn2nc(-c3cc(F)c4nc(C5CCNCC5)cn4c3)ccc2n1. The molecular formula is C19H19FN6. The Balaban J connectivity index is 1.58. The second-order valence-electron chi connectivity index (χ2n) is 6.90. The van der Waals surface area contributed by atoms with Gasteiger partial charge >= 0.3 is 0 Å². The number of nitrogens with one attached hydrogen (secondary N) is 1. The summed E-state index contributed by atoms with van der Waals surface area (Å²) in [4.78, 5) is 8.93. The smallest absolute Gasteiger partial charge is 0.173 e. The van der Waals surface area contributed by atoms with Crippen LogP contribution in [0, 0.1) is 12.7 Å². The van der Waals surface area contributed by atoms with Crippen LogP contribution in [-0.4, -0.2) is 37.1 Å². The van der Waals surface area contributed by atoms with E-state index in [1.807, 2.05) is 37.6 Å². The van der Waals surface area contributed by atoms with Gasteiger partial charge in [0.25, 0.3) is 0 Å². The fourth-order valence-corrected chi connectivity index (χ4v) is 3.68. The summed E-state index contributed by atoms with van der Waals surface area (Å²) in [5.41, 5.74) is 4.45. The third kappa shape index (κ3) is 2.55. The third-order valence-corrected chi connectivity index (χ3v) is 5.02. The first-order valence-electron chi connectivity index (χ1n) is 8.90. The molecule has 26 heavy (non-hydrogen) atoms. The van der Waals surface area contributed by atoms with Gasteiger partial charge in [-0.1, -0.05) is 0 Å². The number of imidazole rings is 2. The molecule has 0 amide bonds. The van der Waals surface area contributed by atoms with Crippen LogP contribution in [0.4, 0.5) is 4.39 Å². The van der Waals surface area contributed by atoms with E-state index in [1.165, 1.54) is 6.07 Å². The lowest BCUT2D eigenvalue weighted by atomic mass is 9.95. The van der Waals surface area contributed by atoms with Crippen molar-refractivity contribution >= 4 is 11.3 Å². The number of hydrogen-bond donors (Lipinski definition) is 1. The molecule has 4 aromatic rings. The molecular weight excluding hydrogens is 331 g/mol. The Morgan fingerprint density at radius 1 is 1.12 bits per heavy atom. The lowest BCUT2D eigenvalue weighted by Crippen LogP contribution is -2.26. The molecule has 7 heteroatoms. The Morgan fingerprint density at radius 2 is 1.96 bits per heavy atom. The zero-order chi connectivity index (χ0) is 17.7. The van der Waals surface area contributed by atoms with Gasteiger partial charge in [-0.05, 0) is 51.1 Å². The van der Waals surface area contributed by atoms with Crippen LogP contribution in [0.25, 0.3) is 22.6 Å². The number of hydrogen-bond acceptors (Lipinski definition) is 4. The first-order valence-corrected chi connectivity index (χ1v) is 8.90. The van der Waals surface area contributed by atoms with Crippen LogP contribution in [-0.2, 0) is 0 Å². The zero-order valence-electron chi connectivity index (χ0n) is 14.5. The van der Waals surface area contributed by atoms with Gasteiger partial charge in [-0.25, -0.2) is 18.9 Å². The molecule has 4 aromatic heterocycles. The topological polar surface area (TPSA) is 59.5 Å². The number of nitrogens with zero attached hydrogens (tertiary/aromatic N) is 5. The molecule has 5 rings (SSSR count). The van der Waals surface area contributed by atoms with Gasteiger partial charge in [0.15, 0.2) is 17.1 Å². The predicted octanol–water partition coefficient (Wildman–Crippen LogP) is 2.96. The number of aryl methyl sites for hydroxylation is 1. The Labute approximate surface area is 149 Å². The van der Waals surface area contributed by atoms with Crippen molar-refractivity contribution in [3.63, 3.8) is 0 Å². The van der Waals surface area contributed by atoms with E-state index in [0.717, 1.165) is 48.5 Å². The minimum absolute atomic E-state index is 0.327. The maximum absolute atomic E-state index is 14.7. The number of fused-ring (bicyclic) bond motifs is 2. The van der Waals surface area contributed by atoms with E-state index in [0.29, 0.717) is 17.3 Å². The van der Waals surface area contributed by atoms with Crippen molar-refractivity contribution in [2.45, 2.75) is 25.7 Å². The zero-order valence-corrected chi connectivity index (χ0v) is 14.5. The Kier molecular flexibility index (Phi) is 3.49. The Morgan fingerprint density at radius 3 is 2.81 bits per heavy atom. The summed E-state index contributed by atoms with van der Waals surface area (Å²) >= 11 is 0. The summed E-state index contributed by atoms with van der Waals surface area (Å²) in [6.07, 6.45) is 7.79. The highest BCUT2D eigenvalue weighted by Crippen LogP contribution is 2.27. The van der Waals surface area contributed by atoms with Crippen molar-refractivity contribution in [2.24, 2.45) is 0 Å². The summed E-state index contributed by atoms with van der Waals surface area (Å²) in [7, 11) is 0. The van der Waals surface area contributed by atoms with Gasteiger partial charge in [0, 0.05) is 23.9 Å². The van der Waals surface area contributed by atoms with Gasteiger partial charge in [0.2, 0.25) is 0 Å². The molecule has 1 aliphatic heterocycles. The second-order valence-corrected chi connectivity index (χ2v) is 6.90. The highest BCUT2D eigenvalue weighted by atomic mass is 19.1. The van der Waals surface area contributed by atoms with Crippen LogP contribution in [0.5, 0.6) is 0 Å². The first kappa shape index (κ1) is 15.5. The van der Waals surface area contributed by atoms with Crippen molar-refractivity contribution < 1.29 is 4.39 Å². The minimum atomic E-state index is -0.327. The lowest BCUT2D eigenvalue weighted by molar-refractivity contribution is 0.454. The molecule has 0 bridgehead atoms. The average Bonchev–Trinajstić information content (AvgIpc) is 3.24. The molecule has 0 unspecified atom stereocenters. The van der Waals surface area contributed by atoms with Gasteiger partial charge in [0.05, 0.1) is 23.3 Å². The minimum Gasteiger partial charge on any atom is -0.317 e. The molecule has 5 heterocycles. The molecule has 0 atom stereocenters. The fourth-order valence-electron chi connectivity index (χ4n) is 3.68. The monoisotopic (exact) mass is 350 g/mol. The standard InChI is InChI=1S/C19H19FN6/c1-12-9-26-18(22-12)3-2-16(24-26)14-8-15(20)19-23-17(11-25(19)10-14)13-4-6-21-7-5-13/h2-3,8-11,13,21H,4-7H2,1H3. The first-order chi connectivity index (χ1) is 12.7. The number of aromatic nitrogens is 5. The van der Waals surface area contributed by atoms with Crippen molar-refractivity contribution in [1.82, 2.24) is 29.3 Å². The van der Waals surface area contributed by atoms with Gasteiger partial charge in [0.1, 0.15) is 0 Å². The molecule has 1 saturated heterocycles. The summed E-state index contributed by atoms with van der Waals surface area (Å²) in [6, 6.07) is 5.27. The molecule has 1 aliphatic rings. The quantitative estimate of drug-likeness (QED) is 0.604. The van der Waals surface area contributed by atoms with Gasteiger partial charge < -0.3 is 9.72 Å². The summed E-state index contributed by atoms with van der Waals surface area (Å²) in [5.74, 6) is 0.0637. The van der Waals surface area contributed by atoms with E-state index >= 15 is 0 Å². The number of halogens is 1. The highest BCUT2D eigenvalue weighted by molar-refractivity contribution is 5.62. The van der Waals surface area contributed by atoms with Crippen LogP contribution in [0.2, 0.25) is 0 Å². The van der Waals surface area contributed by atoms with E-state index < -0.39 is 0 Å². The lowest BCUT2D eigenvalue weighted by Gasteiger charge is -2.20. The molecule has 1 fully saturated rings. The van der Waals surface area contributed by atoms with E-state index in [9.17, 15) is 4.39 Å². The summed E-state index contributed by atoms with van der Waals surface area (Å²) in [6.45, 7) is 3.90. The third-order valence-electron chi connectivity index (χ3n) is 5.02. The van der Waals surface area contributed by atoms with Crippen LogP contribution >= 0.6 is 0 Å². The van der Waals surface area contributed by atoms with Crippen molar-refractivity contribution in [1.29, 1.82) is 0 Å². The van der Waals surface area contributed by atoms with Gasteiger partial charge in [-0.2, -0.15) is 5.10 Å². The number of rotatable bonds is 2. The van der Waals surface area contributed by atoms with E-state index in [-0.39, 0.29) is 5.82 Å². The number of piperidine rings is 1. The van der Waals surface area contributed by atoms with Crippen molar-refractivity contribution in [3.05, 3.63) is 54.0 Å². The molecule has 0 aromatic carbocycles. The summed E-state index contributed by atoms with van der Waals surface area (Å²) < 4.78 is 18.2. The molecule has 0 aliphatic carbocycles. The van der Waals surface area contributed by atoms with Crippen LogP contribution in [0.3, 0.4) is 0 Å². The molecule has 6 nitrogen and oxygen atoms in total. The van der Waals surface area contributed by atoms with Gasteiger partial charge in [-0.3, -0.25) is 0 Å². The van der Waals surface area contributed by atoms with E-state index in [4.69, 9.17) is 0 Å². The molecule has 0 saturated carbocycles. The predicted molar refractivity (Wildman–Crippen MR) is 96.7 cm³/mol. The van der Waals surface area contributed by atoms with Crippen molar-refractivity contribution in [3.8, 4) is 11.3 Å². The van der Waals surface area contributed by atoms with Crippen LogP contribution < -0.4 is 5.32 Å². The molecule has 0 radical (unpaired) electrons. The Hall–Kier alpha value is -2.80. The van der Waals surface area contributed by atoms with Crippen molar-refractivity contribution in [2.75, 3.05) is 13.1 Å². The largest absolute Gasteiger partial charge is 0.317 e. The summed E-state index contributed by atoms with van der Waals surface area (Å²) in [5, 5.41) is 7.91. The van der Waals surface area contributed by atoms with Crippen LogP contribution in [0.15, 0.2) is 36.8 Å². The Bertz CT molecular complexity index is 1110. The highest BCUT2D eigenvalue weighted by Gasteiger charge is 2.19. The van der Waals surface area contributed by atoms with E-state index in [2.05, 4.69) is 20.4 Å². The average molecular weight is 350 g/mol. The second kappa shape index (κ2) is 5.88. The van der Waals surface area contributed by atoms with Gasteiger partial charge in [-0.15, -0.1) is 0 Å². The maximum atomic E-state index is 14.7. The normalized spacial score (nSPS) is 15.9. The maximum Gasteiger partial charge on any atom is 0.173 e. The molecule has 132 valence electrons. The van der Waals surface area contributed by atoms with Crippen LogP contribution in [0.1, 0.15) is 30.1 Å². The van der Waals surface area contributed by atoms with E-state index in [1.54, 1.807) is 8.92 Å².